The highest BCUT2D eigenvalue weighted by atomic mass is 16.5. The zero-order valence-corrected chi connectivity index (χ0v) is 13.2. The number of para-hydroxylation sites is 1. The van der Waals surface area contributed by atoms with Crippen molar-refractivity contribution < 1.29 is 8.94 Å². The largest absolute Gasteiger partial charge is 0.419 e. The standard InChI is InChI=1S/C17H14N4O3/c1-9-10(2)24-21-15(9)17-20-19-14(23-17)8-12-7-11-5-3-4-6-13(11)18-16(12)22/h3-7H,8H2,1-2H3,(H,18,22). The molecule has 0 bridgehead atoms. The van der Waals surface area contributed by atoms with Gasteiger partial charge in [-0.3, -0.25) is 4.79 Å². The highest BCUT2D eigenvalue weighted by molar-refractivity contribution is 5.78. The molecule has 4 aromatic rings. The maximum atomic E-state index is 12.2. The molecule has 0 spiro atoms. The minimum absolute atomic E-state index is 0.165. The summed E-state index contributed by atoms with van der Waals surface area (Å²) in [6, 6.07) is 9.44. The monoisotopic (exact) mass is 322 g/mol. The van der Waals surface area contributed by atoms with Gasteiger partial charge in [-0.05, 0) is 31.4 Å². The SMILES string of the molecule is Cc1onc(-c2nnc(Cc3cc4ccccc4[nH]c3=O)o2)c1C. The molecule has 0 atom stereocenters. The van der Waals surface area contributed by atoms with Gasteiger partial charge in [0.05, 0.1) is 6.42 Å². The minimum Gasteiger partial charge on any atom is -0.419 e. The Morgan fingerprint density at radius 1 is 1.17 bits per heavy atom. The van der Waals surface area contributed by atoms with Crippen LogP contribution in [0.15, 0.2) is 44.1 Å². The van der Waals surface area contributed by atoms with Crippen LogP contribution in [0.5, 0.6) is 0 Å². The molecular formula is C17H14N4O3. The molecule has 0 aliphatic carbocycles. The molecule has 0 amide bonds. The van der Waals surface area contributed by atoms with E-state index in [1.807, 2.05) is 44.2 Å². The number of pyridine rings is 1. The first-order valence-corrected chi connectivity index (χ1v) is 7.48. The Hall–Kier alpha value is -3.22. The second kappa shape index (κ2) is 5.45. The third-order valence-electron chi connectivity index (χ3n) is 4.00. The Kier molecular flexibility index (Phi) is 3.26. The Labute approximate surface area is 136 Å². The Bertz CT molecular complexity index is 1090. The number of aryl methyl sites for hydroxylation is 1. The van der Waals surface area contributed by atoms with Crippen LogP contribution < -0.4 is 5.56 Å². The van der Waals surface area contributed by atoms with Gasteiger partial charge in [-0.2, -0.15) is 0 Å². The maximum Gasteiger partial charge on any atom is 0.270 e. The van der Waals surface area contributed by atoms with Gasteiger partial charge in [-0.15, -0.1) is 10.2 Å². The van der Waals surface area contributed by atoms with Crippen molar-refractivity contribution in [3.8, 4) is 11.6 Å². The summed E-state index contributed by atoms with van der Waals surface area (Å²) in [7, 11) is 0. The second-order valence-electron chi connectivity index (χ2n) is 5.60. The van der Waals surface area contributed by atoms with Crippen LogP contribution in [0, 0.1) is 13.8 Å². The van der Waals surface area contributed by atoms with Gasteiger partial charge in [0.2, 0.25) is 5.89 Å². The van der Waals surface area contributed by atoms with Gasteiger partial charge in [0.25, 0.3) is 11.4 Å². The molecular weight excluding hydrogens is 308 g/mol. The van der Waals surface area contributed by atoms with Gasteiger partial charge in [-0.1, -0.05) is 23.4 Å². The van der Waals surface area contributed by atoms with Gasteiger partial charge in [0, 0.05) is 16.6 Å². The third-order valence-corrected chi connectivity index (χ3v) is 4.00. The summed E-state index contributed by atoms with van der Waals surface area (Å²) >= 11 is 0. The second-order valence-corrected chi connectivity index (χ2v) is 5.60. The lowest BCUT2D eigenvalue weighted by atomic mass is 10.1. The molecule has 3 heterocycles. The molecule has 0 unspecified atom stereocenters. The molecule has 0 aliphatic heterocycles. The fraction of sp³-hybridized carbons (Fsp3) is 0.176. The molecule has 24 heavy (non-hydrogen) atoms. The van der Waals surface area contributed by atoms with Gasteiger partial charge >= 0.3 is 0 Å². The van der Waals surface area contributed by atoms with Crippen LogP contribution in [-0.4, -0.2) is 20.3 Å². The Morgan fingerprint density at radius 2 is 2.00 bits per heavy atom. The fourth-order valence-corrected chi connectivity index (χ4v) is 2.52. The number of H-pyrrole nitrogens is 1. The topological polar surface area (TPSA) is 97.8 Å². The first kappa shape index (κ1) is 14.4. The number of hydrogen-bond acceptors (Lipinski definition) is 6. The summed E-state index contributed by atoms with van der Waals surface area (Å²) in [6.45, 7) is 3.69. The number of nitrogens with one attached hydrogen (secondary N) is 1. The van der Waals surface area contributed by atoms with Crippen molar-refractivity contribution in [1.82, 2.24) is 20.3 Å². The van der Waals surface area contributed by atoms with Crippen LogP contribution in [0.1, 0.15) is 22.8 Å². The van der Waals surface area contributed by atoms with E-state index in [1.54, 1.807) is 0 Å². The van der Waals surface area contributed by atoms with E-state index in [-0.39, 0.29) is 17.9 Å². The molecule has 0 saturated carbocycles. The Morgan fingerprint density at radius 3 is 2.79 bits per heavy atom. The number of aromatic amines is 1. The lowest BCUT2D eigenvalue weighted by Crippen LogP contribution is -2.12. The number of rotatable bonds is 3. The number of hydrogen-bond donors (Lipinski definition) is 1. The van der Waals surface area contributed by atoms with Crippen LogP contribution >= 0.6 is 0 Å². The molecule has 120 valence electrons. The molecule has 0 saturated heterocycles. The van der Waals surface area contributed by atoms with Crippen molar-refractivity contribution in [2.75, 3.05) is 0 Å². The zero-order valence-electron chi connectivity index (χ0n) is 13.2. The molecule has 0 fully saturated rings. The normalized spacial score (nSPS) is 11.2. The van der Waals surface area contributed by atoms with Gasteiger partial charge < -0.3 is 13.9 Å². The molecule has 4 rings (SSSR count). The van der Waals surface area contributed by atoms with E-state index >= 15 is 0 Å². The highest BCUT2D eigenvalue weighted by Crippen LogP contribution is 2.23. The molecule has 0 radical (unpaired) electrons. The van der Waals surface area contributed by atoms with Gasteiger partial charge in [0.15, 0.2) is 5.69 Å². The lowest BCUT2D eigenvalue weighted by molar-refractivity contribution is 0.395. The van der Waals surface area contributed by atoms with Crippen LogP contribution in [0.4, 0.5) is 0 Å². The van der Waals surface area contributed by atoms with Gasteiger partial charge in [-0.25, -0.2) is 0 Å². The predicted octanol–water partition coefficient (Wildman–Crippen LogP) is 2.77. The van der Waals surface area contributed by atoms with E-state index in [4.69, 9.17) is 8.94 Å². The van der Waals surface area contributed by atoms with E-state index in [0.717, 1.165) is 16.5 Å². The maximum absolute atomic E-state index is 12.2. The van der Waals surface area contributed by atoms with Crippen molar-refractivity contribution >= 4 is 10.9 Å². The van der Waals surface area contributed by atoms with E-state index in [1.165, 1.54) is 0 Å². The number of benzene rings is 1. The third kappa shape index (κ3) is 2.40. The first-order valence-electron chi connectivity index (χ1n) is 7.48. The summed E-state index contributed by atoms with van der Waals surface area (Å²) in [5, 5.41) is 12.9. The van der Waals surface area contributed by atoms with Crippen molar-refractivity contribution in [1.29, 1.82) is 0 Å². The first-order chi connectivity index (χ1) is 11.6. The molecule has 3 aromatic heterocycles. The molecule has 1 N–H and O–H groups in total. The molecule has 7 nitrogen and oxygen atoms in total. The average molecular weight is 322 g/mol. The molecule has 0 aliphatic rings. The number of fused-ring (bicyclic) bond motifs is 1. The summed E-state index contributed by atoms with van der Waals surface area (Å²) in [5.41, 5.74) is 2.58. The predicted molar refractivity (Wildman–Crippen MR) is 86.6 cm³/mol. The van der Waals surface area contributed by atoms with E-state index in [9.17, 15) is 4.79 Å². The summed E-state index contributed by atoms with van der Waals surface area (Å²) < 4.78 is 10.7. The quantitative estimate of drug-likeness (QED) is 0.623. The van der Waals surface area contributed by atoms with E-state index in [0.29, 0.717) is 22.9 Å². The van der Waals surface area contributed by atoms with Crippen molar-refractivity contribution in [2.45, 2.75) is 20.3 Å². The molecule has 7 heteroatoms. The highest BCUT2D eigenvalue weighted by Gasteiger charge is 2.18. The number of nitrogens with zero attached hydrogens (tertiary/aromatic N) is 3. The van der Waals surface area contributed by atoms with Crippen LogP contribution in [0.3, 0.4) is 0 Å². The van der Waals surface area contributed by atoms with Crippen molar-refractivity contribution in [3.63, 3.8) is 0 Å². The van der Waals surface area contributed by atoms with E-state index < -0.39 is 0 Å². The van der Waals surface area contributed by atoms with Crippen molar-refractivity contribution in [3.05, 3.63) is 63.5 Å². The Balaban J connectivity index is 1.68. The summed E-state index contributed by atoms with van der Waals surface area (Å²) in [4.78, 5) is 15.1. The van der Waals surface area contributed by atoms with Crippen LogP contribution in [-0.2, 0) is 6.42 Å². The van der Waals surface area contributed by atoms with Crippen LogP contribution in [0.2, 0.25) is 0 Å². The smallest absolute Gasteiger partial charge is 0.270 e. The van der Waals surface area contributed by atoms with Crippen LogP contribution in [0.25, 0.3) is 22.5 Å². The van der Waals surface area contributed by atoms with E-state index in [2.05, 4.69) is 20.3 Å². The fourth-order valence-electron chi connectivity index (χ4n) is 2.52. The molecule has 1 aromatic carbocycles. The lowest BCUT2D eigenvalue weighted by Gasteiger charge is -2.00. The summed E-state index contributed by atoms with van der Waals surface area (Å²) in [6.07, 6.45) is 0.253. The summed E-state index contributed by atoms with van der Waals surface area (Å²) in [5.74, 6) is 1.35. The zero-order chi connectivity index (χ0) is 16.7. The van der Waals surface area contributed by atoms with Crippen molar-refractivity contribution in [2.24, 2.45) is 0 Å². The number of aromatic nitrogens is 4. The van der Waals surface area contributed by atoms with Gasteiger partial charge in [0.1, 0.15) is 5.76 Å². The minimum atomic E-state index is -0.165. The average Bonchev–Trinajstić information content (AvgIpc) is 3.16.